The van der Waals surface area contributed by atoms with Crippen LogP contribution in [0.2, 0.25) is 0 Å². The van der Waals surface area contributed by atoms with Gasteiger partial charge in [-0.05, 0) is 36.4 Å². The van der Waals surface area contributed by atoms with Gasteiger partial charge in [0.05, 0.1) is 23.3 Å². The summed E-state index contributed by atoms with van der Waals surface area (Å²) in [6, 6.07) is 20.0. The zero-order valence-corrected chi connectivity index (χ0v) is 17.2. The molecular weight excluding hydrogens is 396 g/mol. The van der Waals surface area contributed by atoms with E-state index in [1.165, 1.54) is 9.79 Å². The van der Waals surface area contributed by atoms with Crippen LogP contribution in [0.3, 0.4) is 0 Å². The second kappa shape index (κ2) is 9.45. The number of aromatic nitrogens is 1. The quantitative estimate of drug-likeness (QED) is 0.601. The van der Waals surface area contributed by atoms with Crippen molar-refractivity contribution < 1.29 is 9.59 Å². The molecule has 7 heteroatoms. The fraction of sp³-hybridized carbons (Fsp3) is 0.174. The normalized spacial score (nSPS) is 11.9. The van der Waals surface area contributed by atoms with E-state index in [4.69, 9.17) is 0 Å². The molecule has 30 heavy (non-hydrogen) atoms. The summed E-state index contributed by atoms with van der Waals surface area (Å²) in [4.78, 5) is 32.9. The summed E-state index contributed by atoms with van der Waals surface area (Å²) < 4.78 is 0. The molecule has 0 spiro atoms. The van der Waals surface area contributed by atoms with Crippen molar-refractivity contribution in [3.63, 3.8) is 0 Å². The minimum atomic E-state index is -0.154. The van der Waals surface area contributed by atoms with Crippen molar-refractivity contribution in [2.45, 2.75) is 22.6 Å². The lowest BCUT2D eigenvalue weighted by atomic mass is 10.2. The van der Waals surface area contributed by atoms with Gasteiger partial charge in [0.15, 0.2) is 0 Å². The Morgan fingerprint density at radius 3 is 2.23 bits per heavy atom. The summed E-state index contributed by atoms with van der Waals surface area (Å²) in [6.45, 7) is 0.871. The lowest BCUT2D eigenvalue weighted by Crippen LogP contribution is -2.31. The van der Waals surface area contributed by atoms with Crippen LogP contribution in [0.5, 0.6) is 0 Å². The number of rotatable bonds is 7. The van der Waals surface area contributed by atoms with E-state index in [0.29, 0.717) is 25.2 Å². The standard InChI is InChI=1S/C23H22N4O2S/c28-22(25-14-11-23(29)26-17-6-5-13-24-16-17)12-15-27-18-7-1-3-9-20(18)30-21-10-4-2-8-19(21)27/h1-10,13,16H,11-12,14-15H2,(H,25,28)(H,26,29). The lowest BCUT2D eigenvalue weighted by molar-refractivity contribution is -0.121. The second-order valence-electron chi connectivity index (χ2n) is 6.83. The molecule has 0 atom stereocenters. The first-order chi connectivity index (χ1) is 14.7. The van der Waals surface area contributed by atoms with Crippen LogP contribution in [-0.4, -0.2) is 29.9 Å². The Labute approximate surface area is 179 Å². The molecule has 0 saturated carbocycles. The van der Waals surface area contributed by atoms with Gasteiger partial charge in [-0.3, -0.25) is 14.6 Å². The Balaban J connectivity index is 1.30. The molecule has 0 radical (unpaired) electrons. The molecule has 1 aromatic heterocycles. The molecule has 1 aliphatic heterocycles. The Morgan fingerprint density at radius 2 is 1.57 bits per heavy atom. The zero-order valence-electron chi connectivity index (χ0n) is 16.4. The van der Waals surface area contributed by atoms with Gasteiger partial charge in [-0.2, -0.15) is 0 Å². The average molecular weight is 419 g/mol. The van der Waals surface area contributed by atoms with Crippen LogP contribution in [0.25, 0.3) is 0 Å². The van der Waals surface area contributed by atoms with E-state index in [-0.39, 0.29) is 18.2 Å². The zero-order chi connectivity index (χ0) is 20.8. The predicted octanol–water partition coefficient (Wildman–Crippen LogP) is 4.22. The van der Waals surface area contributed by atoms with Crippen molar-refractivity contribution in [1.29, 1.82) is 0 Å². The summed E-state index contributed by atoms with van der Waals surface area (Å²) in [5.74, 6) is -0.225. The number of para-hydroxylation sites is 2. The van der Waals surface area contributed by atoms with Gasteiger partial charge in [-0.1, -0.05) is 36.0 Å². The maximum Gasteiger partial charge on any atom is 0.226 e. The van der Waals surface area contributed by atoms with Crippen LogP contribution in [0.1, 0.15) is 12.8 Å². The van der Waals surface area contributed by atoms with E-state index in [1.54, 1.807) is 36.3 Å². The predicted molar refractivity (Wildman–Crippen MR) is 119 cm³/mol. The number of amides is 2. The minimum Gasteiger partial charge on any atom is -0.356 e. The van der Waals surface area contributed by atoms with Crippen LogP contribution in [0.15, 0.2) is 82.8 Å². The van der Waals surface area contributed by atoms with E-state index >= 15 is 0 Å². The van der Waals surface area contributed by atoms with E-state index in [0.717, 1.165) is 11.4 Å². The molecule has 4 rings (SSSR count). The molecule has 1 aliphatic rings. The first-order valence-electron chi connectivity index (χ1n) is 9.81. The second-order valence-corrected chi connectivity index (χ2v) is 7.91. The molecule has 0 unspecified atom stereocenters. The van der Waals surface area contributed by atoms with E-state index in [2.05, 4.69) is 44.8 Å². The smallest absolute Gasteiger partial charge is 0.226 e. The fourth-order valence-corrected chi connectivity index (χ4v) is 4.40. The van der Waals surface area contributed by atoms with Crippen molar-refractivity contribution in [2.24, 2.45) is 0 Å². The Hall–Kier alpha value is -3.32. The van der Waals surface area contributed by atoms with Gasteiger partial charge < -0.3 is 15.5 Å². The third kappa shape index (κ3) is 4.80. The van der Waals surface area contributed by atoms with Crippen molar-refractivity contribution in [3.05, 3.63) is 73.1 Å². The van der Waals surface area contributed by atoms with Crippen LogP contribution >= 0.6 is 11.8 Å². The number of nitrogens with one attached hydrogen (secondary N) is 2. The number of hydrogen-bond acceptors (Lipinski definition) is 5. The Bertz CT molecular complexity index is 997. The number of pyridine rings is 1. The molecule has 0 bridgehead atoms. The molecule has 2 amide bonds. The van der Waals surface area contributed by atoms with Crippen molar-refractivity contribution in [2.75, 3.05) is 23.3 Å². The van der Waals surface area contributed by atoms with Gasteiger partial charge in [0.1, 0.15) is 0 Å². The average Bonchev–Trinajstić information content (AvgIpc) is 2.77. The van der Waals surface area contributed by atoms with E-state index in [9.17, 15) is 9.59 Å². The highest BCUT2D eigenvalue weighted by molar-refractivity contribution is 7.99. The highest BCUT2D eigenvalue weighted by Crippen LogP contribution is 2.47. The van der Waals surface area contributed by atoms with Crippen molar-refractivity contribution >= 4 is 40.6 Å². The van der Waals surface area contributed by atoms with Gasteiger partial charge in [-0.25, -0.2) is 0 Å². The largest absolute Gasteiger partial charge is 0.356 e. The van der Waals surface area contributed by atoms with E-state index in [1.807, 2.05) is 24.3 Å². The number of carbonyl (C=O) groups is 2. The number of fused-ring (bicyclic) bond motifs is 2. The maximum atomic E-state index is 12.4. The molecule has 2 heterocycles. The van der Waals surface area contributed by atoms with Gasteiger partial charge in [0.25, 0.3) is 0 Å². The molecule has 3 aromatic rings. The molecule has 2 aromatic carbocycles. The maximum absolute atomic E-state index is 12.4. The number of anilines is 3. The summed E-state index contributed by atoms with van der Waals surface area (Å²) >= 11 is 1.75. The van der Waals surface area contributed by atoms with Crippen LogP contribution < -0.4 is 15.5 Å². The number of carbonyl (C=O) groups excluding carboxylic acids is 2. The number of benzene rings is 2. The third-order valence-corrected chi connectivity index (χ3v) is 5.84. The number of nitrogens with zero attached hydrogens (tertiary/aromatic N) is 2. The monoisotopic (exact) mass is 418 g/mol. The third-order valence-electron chi connectivity index (χ3n) is 4.71. The SMILES string of the molecule is O=C(CCN1c2ccccc2Sc2ccccc21)NCCC(=O)Nc1cccnc1. The summed E-state index contributed by atoms with van der Waals surface area (Å²) in [5, 5.41) is 5.60. The minimum absolute atomic E-state index is 0.0719. The van der Waals surface area contributed by atoms with Crippen LogP contribution in [-0.2, 0) is 9.59 Å². The first-order valence-corrected chi connectivity index (χ1v) is 10.6. The van der Waals surface area contributed by atoms with E-state index < -0.39 is 0 Å². The lowest BCUT2D eigenvalue weighted by Gasteiger charge is -2.32. The molecule has 0 saturated heterocycles. The highest BCUT2D eigenvalue weighted by atomic mass is 32.2. The molecule has 2 N–H and O–H groups in total. The first kappa shape index (κ1) is 20.0. The summed E-state index contributed by atoms with van der Waals surface area (Å²) in [5.41, 5.74) is 2.88. The molecule has 0 aliphatic carbocycles. The van der Waals surface area contributed by atoms with Crippen LogP contribution in [0.4, 0.5) is 17.1 Å². The van der Waals surface area contributed by atoms with Gasteiger partial charge in [-0.15, -0.1) is 0 Å². The summed E-state index contributed by atoms with van der Waals surface area (Å²) in [6.07, 6.45) is 3.79. The topological polar surface area (TPSA) is 74.3 Å². The molecule has 0 fully saturated rings. The fourth-order valence-electron chi connectivity index (χ4n) is 3.30. The van der Waals surface area contributed by atoms with Crippen molar-refractivity contribution in [3.8, 4) is 0 Å². The number of hydrogen-bond donors (Lipinski definition) is 2. The molecule has 6 nitrogen and oxygen atoms in total. The van der Waals surface area contributed by atoms with Gasteiger partial charge in [0, 0.05) is 41.9 Å². The summed E-state index contributed by atoms with van der Waals surface area (Å²) in [7, 11) is 0. The van der Waals surface area contributed by atoms with Gasteiger partial charge >= 0.3 is 0 Å². The Kier molecular flexibility index (Phi) is 6.29. The molecule has 152 valence electrons. The van der Waals surface area contributed by atoms with Crippen molar-refractivity contribution in [1.82, 2.24) is 10.3 Å². The highest BCUT2D eigenvalue weighted by Gasteiger charge is 2.23. The van der Waals surface area contributed by atoms with Gasteiger partial charge in [0.2, 0.25) is 11.8 Å². The molecular formula is C23H22N4O2S. The van der Waals surface area contributed by atoms with Crippen LogP contribution in [0, 0.1) is 0 Å². The Morgan fingerprint density at radius 1 is 0.867 bits per heavy atom.